The van der Waals surface area contributed by atoms with Crippen molar-refractivity contribution in [3.63, 3.8) is 0 Å². The summed E-state index contributed by atoms with van der Waals surface area (Å²) in [4.78, 5) is 0. The zero-order chi connectivity index (χ0) is 14.4. The Morgan fingerprint density at radius 3 is 2.50 bits per heavy atom. The molecule has 2 rings (SSSR count). The lowest BCUT2D eigenvalue weighted by atomic mass is 10.1. The number of hydrogen-bond donors (Lipinski definition) is 0. The number of ether oxygens (including phenoxy) is 3. The lowest BCUT2D eigenvalue weighted by molar-refractivity contribution is -0.152. The summed E-state index contributed by atoms with van der Waals surface area (Å²) in [5.74, 6) is 0.759. The van der Waals surface area contributed by atoms with Gasteiger partial charge in [-0.25, -0.2) is 0 Å². The van der Waals surface area contributed by atoms with Crippen molar-refractivity contribution >= 4 is 22.4 Å². The fraction of sp³-hybridized carbons (Fsp3) is 0.375. The fourth-order valence-corrected chi connectivity index (χ4v) is 2.22. The molecule has 0 fully saturated rings. The van der Waals surface area contributed by atoms with Crippen LogP contribution in [0.1, 0.15) is 13.8 Å². The number of halogens is 1. The quantitative estimate of drug-likeness (QED) is 0.714. The highest BCUT2D eigenvalue weighted by Gasteiger charge is 2.09. The molecule has 0 aliphatic heterocycles. The number of benzene rings is 2. The molecule has 2 aromatic carbocycles. The summed E-state index contributed by atoms with van der Waals surface area (Å²) in [5, 5.41) is 2.80. The predicted molar refractivity (Wildman–Crippen MR) is 81.5 cm³/mol. The average Bonchev–Trinajstić information content (AvgIpc) is 2.46. The third-order valence-electron chi connectivity index (χ3n) is 2.89. The second-order valence-electron chi connectivity index (χ2n) is 4.27. The van der Waals surface area contributed by atoms with Crippen LogP contribution >= 0.6 is 11.6 Å². The Morgan fingerprint density at radius 1 is 1.05 bits per heavy atom. The van der Waals surface area contributed by atoms with Crippen LogP contribution in [0.4, 0.5) is 0 Å². The minimum atomic E-state index is -0.341. The summed E-state index contributed by atoms with van der Waals surface area (Å²) < 4.78 is 16.6. The van der Waals surface area contributed by atoms with Crippen LogP contribution in [-0.4, -0.2) is 26.1 Å². The van der Waals surface area contributed by atoms with Crippen LogP contribution in [0, 0.1) is 0 Å². The van der Waals surface area contributed by atoms with E-state index in [4.69, 9.17) is 25.8 Å². The summed E-state index contributed by atoms with van der Waals surface area (Å²) in [5.41, 5.74) is 0. The van der Waals surface area contributed by atoms with Crippen molar-refractivity contribution in [2.24, 2.45) is 0 Å². The minimum Gasteiger partial charge on any atom is -0.488 e. The molecular weight excluding hydrogens is 276 g/mol. The van der Waals surface area contributed by atoms with Crippen LogP contribution in [0.2, 0.25) is 5.02 Å². The molecule has 0 saturated heterocycles. The molecular formula is C16H19ClO3. The Labute approximate surface area is 124 Å². The highest BCUT2D eigenvalue weighted by molar-refractivity contribution is 6.35. The molecule has 0 heterocycles. The summed E-state index contributed by atoms with van der Waals surface area (Å²) in [6, 6.07) is 11.7. The predicted octanol–water partition coefficient (Wildman–Crippen LogP) is 4.27. The van der Waals surface area contributed by atoms with Crippen molar-refractivity contribution in [3.8, 4) is 5.75 Å². The summed E-state index contributed by atoms with van der Waals surface area (Å²) in [7, 11) is 0. The number of fused-ring (bicyclic) bond motifs is 1. The summed E-state index contributed by atoms with van der Waals surface area (Å²) in [6.07, 6.45) is -0.341. The van der Waals surface area contributed by atoms with Crippen LogP contribution in [0.15, 0.2) is 36.4 Å². The molecule has 0 aliphatic rings. The number of hydrogen-bond acceptors (Lipinski definition) is 3. The van der Waals surface area contributed by atoms with Gasteiger partial charge in [-0.2, -0.15) is 0 Å². The molecule has 0 N–H and O–H groups in total. The molecule has 0 spiro atoms. The van der Waals surface area contributed by atoms with Gasteiger partial charge in [0.15, 0.2) is 6.29 Å². The molecule has 0 aromatic heterocycles. The Kier molecular flexibility index (Phi) is 5.65. The first kappa shape index (κ1) is 15.1. The molecule has 0 amide bonds. The molecule has 3 nitrogen and oxygen atoms in total. The lowest BCUT2D eigenvalue weighted by Crippen LogP contribution is -2.25. The normalized spacial score (nSPS) is 11.2. The summed E-state index contributed by atoms with van der Waals surface area (Å²) >= 11 is 6.19. The van der Waals surface area contributed by atoms with Gasteiger partial charge in [0.1, 0.15) is 12.4 Å². The van der Waals surface area contributed by atoms with Gasteiger partial charge in [0.05, 0.1) is 0 Å². The first-order valence-corrected chi connectivity index (χ1v) is 7.16. The highest BCUT2D eigenvalue weighted by atomic mass is 35.5. The number of rotatable bonds is 7. The van der Waals surface area contributed by atoms with E-state index in [1.807, 2.05) is 50.2 Å². The summed E-state index contributed by atoms with van der Waals surface area (Å²) in [6.45, 7) is 5.41. The van der Waals surface area contributed by atoms with Gasteiger partial charge in [-0.3, -0.25) is 0 Å². The molecule has 0 radical (unpaired) electrons. The monoisotopic (exact) mass is 294 g/mol. The first-order valence-electron chi connectivity index (χ1n) is 6.79. The van der Waals surface area contributed by atoms with Gasteiger partial charge < -0.3 is 14.2 Å². The zero-order valence-corrected chi connectivity index (χ0v) is 12.5. The molecule has 0 unspecified atom stereocenters. The van der Waals surface area contributed by atoms with Crippen molar-refractivity contribution in [2.75, 3.05) is 19.8 Å². The topological polar surface area (TPSA) is 27.7 Å². The maximum atomic E-state index is 6.19. The largest absolute Gasteiger partial charge is 0.488 e. The van der Waals surface area contributed by atoms with E-state index >= 15 is 0 Å². The van der Waals surface area contributed by atoms with Gasteiger partial charge in [0.2, 0.25) is 0 Å². The maximum absolute atomic E-state index is 6.19. The van der Waals surface area contributed by atoms with E-state index in [-0.39, 0.29) is 6.29 Å². The Bertz CT molecular complexity index is 550. The van der Waals surface area contributed by atoms with Gasteiger partial charge in [-0.1, -0.05) is 29.8 Å². The minimum absolute atomic E-state index is 0.341. The third-order valence-corrected chi connectivity index (χ3v) is 3.22. The third kappa shape index (κ3) is 3.85. The van der Waals surface area contributed by atoms with E-state index in [1.54, 1.807) is 0 Å². The van der Waals surface area contributed by atoms with Crippen LogP contribution in [0.3, 0.4) is 0 Å². The molecule has 0 atom stereocenters. The molecule has 0 saturated carbocycles. The van der Waals surface area contributed by atoms with Gasteiger partial charge in [-0.05, 0) is 37.4 Å². The molecule has 20 heavy (non-hydrogen) atoms. The van der Waals surface area contributed by atoms with Crippen molar-refractivity contribution in [1.29, 1.82) is 0 Å². The average molecular weight is 295 g/mol. The van der Waals surface area contributed by atoms with Gasteiger partial charge in [0.25, 0.3) is 0 Å². The second-order valence-corrected chi connectivity index (χ2v) is 4.68. The Morgan fingerprint density at radius 2 is 1.80 bits per heavy atom. The van der Waals surface area contributed by atoms with Crippen molar-refractivity contribution in [2.45, 2.75) is 20.1 Å². The van der Waals surface area contributed by atoms with E-state index in [0.29, 0.717) is 19.8 Å². The van der Waals surface area contributed by atoms with Crippen LogP contribution in [0.25, 0.3) is 10.8 Å². The highest BCUT2D eigenvalue weighted by Crippen LogP contribution is 2.27. The maximum Gasteiger partial charge on any atom is 0.191 e. The second kappa shape index (κ2) is 7.48. The van der Waals surface area contributed by atoms with E-state index in [1.165, 1.54) is 0 Å². The Balaban J connectivity index is 2.07. The zero-order valence-electron chi connectivity index (χ0n) is 11.8. The molecule has 0 aliphatic carbocycles. The van der Waals surface area contributed by atoms with E-state index in [9.17, 15) is 0 Å². The smallest absolute Gasteiger partial charge is 0.191 e. The van der Waals surface area contributed by atoms with E-state index < -0.39 is 0 Å². The molecule has 108 valence electrons. The SMILES string of the molecule is CCOC(COc1ccc2cccc(Cl)c2c1)OCC. The van der Waals surface area contributed by atoms with Crippen molar-refractivity contribution < 1.29 is 14.2 Å². The van der Waals surface area contributed by atoms with Crippen LogP contribution in [0.5, 0.6) is 5.75 Å². The molecule has 2 aromatic rings. The lowest BCUT2D eigenvalue weighted by Gasteiger charge is -2.17. The van der Waals surface area contributed by atoms with Crippen molar-refractivity contribution in [1.82, 2.24) is 0 Å². The van der Waals surface area contributed by atoms with Crippen LogP contribution < -0.4 is 4.74 Å². The molecule has 0 bridgehead atoms. The van der Waals surface area contributed by atoms with Gasteiger partial charge >= 0.3 is 0 Å². The van der Waals surface area contributed by atoms with E-state index in [0.717, 1.165) is 21.5 Å². The van der Waals surface area contributed by atoms with Crippen LogP contribution in [-0.2, 0) is 9.47 Å². The molecule has 4 heteroatoms. The van der Waals surface area contributed by atoms with Crippen molar-refractivity contribution in [3.05, 3.63) is 41.4 Å². The standard InChI is InChI=1S/C16H19ClO3/c1-3-18-16(19-4-2)11-20-13-9-8-12-6-5-7-15(17)14(12)10-13/h5-10,16H,3-4,11H2,1-2H3. The first-order chi connectivity index (χ1) is 9.74. The van der Waals surface area contributed by atoms with Gasteiger partial charge in [-0.15, -0.1) is 0 Å². The van der Waals surface area contributed by atoms with E-state index in [2.05, 4.69) is 0 Å². The fourth-order valence-electron chi connectivity index (χ4n) is 1.98. The van der Waals surface area contributed by atoms with Gasteiger partial charge in [0, 0.05) is 23.6 Å². The Hall–Kier alpha value is -1.29.